The van der Waals surface area contributed by atoms with Gasteiger partial charge in [0.15, 0.2) is 23.3 Å². The SMILES string of the molecule is C=CCONC(=O)c1cc(Cc2ccnc(N)c2F)c(F)c(F)c1Nc1ccc(I)cc1F. The molecule has 0 aliphatic carbocycles. The molecule has 6 nitrogen and oxygen atoms in total. The fourth-order valence-electron chi connectivity index (χ4n) is 2.90. The summed E-state index contributed by atoms with van der Waals surface area (Å²) in [7, 11) is 0. The molecule has 0 spiro atoms. The van der Waals surface area contributed by atoms with E-state index in [-0.39, 0.29) is 23.4 Å². The molecule has 1 amide bonds. The van der Waals surface area contributed by atoms with Gasteiger partial charge in [-0.15, -0.1) is 6.58 Å². The zero-order chi connectivity index (χ0) is 24.1. The summed E-state index contributed by atoms with van der Waals surface area (Å²) in [5.41, 5.74) is 5.91. The van der Waals surface area contributed by atoms with E-state index in [1.165, 1.54) is 36.5 Å². The Morgan fingerprint density at radius 3 is 2.58 bits per heavy atom. The maximum atomic E-state index is 15.1. The summed E-state index contributed by atoms with van der Waals surface area (Å²) in [5, 5.41) is 2.43. The Morgan fingerprint density at radius 1 is 1.12 bits per heavy atom. The average Bonchev–Trinajstić information content (AvgIpc) is 2.78. The maximum absolute atomic E-state index is 15.1. The molecule has 1 heterocycles. The quantitative estimate of drug-likeness (QED) is 0.116. The highest BCUT2D eigenvalue weighted by atomic mass is 127. The maximum Gasteiger partial charge on any atom is 0.277 e. The number of nitrogen functional groups attached to an aromatic ring is 1. The van der Waals surface area contributed by atoms with Crippen LogP contribution in [0, 0.1) is 26.8 Å². The number of nitrogens with zero attached hydrogens (tertiary/aromatic N) is 1. The first-order chi connectivity index (χ1) is 15.7. The molecule has 0 atom stereocenters. The van der Waals surface area contributed by atoms with Gasteiger partial charge in [-0.05, 0) is 64.0 Å². The molecule has 0 saturated heterocycles. The minimum absolute atomic E-state index is 0.0561. The van der Waals surface area contributed by atoms with E-state index in [0.29, 0.717) is 3.57 Å². The lowest BCUT2D eigenvalue weighted by Gasteiger charge is -2.17. The Labute approximate surface area is 199 Å². The van der Waals surface area contributed by atoms with E-state index in [4.69, 9.17) is 10.6 Å². The molecule has 0 radical (unpaired) electrons. The first-order valence-corrected chi connectivity index (χ1v) is 10.5. The number of pyridine rings is 1. The summed E-state index contributed by atoms with van der Waals surface area (Å²) in [6.07, 6.45) is 2.15. The topological polar surface area (TPSA) is 89.3 Å². The summed E-state index contributed by atoms with van der Waals surface area (Å²) in [5.74, 6) is -5.78. The molecule has 4 N–H and O–H groups in total. The second-order valence-corrected chi connectivity index (χ2v) is 7.96. The Morgan fingerprint density at radius 2 is 1.88 bits per heavy atom. The lowest BCUT2D eigenvalue weighted by molar-refractivity contribution is 0.0422. The van der Waals surface area contributed by atoms with Crippen molar-refractivity contribution in [1.82, 2.24) is 10.5 Å². The zero-order valence-corrected chi connectivity index (χ0v) is 19.1. The number of benzene rings is 2. The van der Waals surface area contributed by atoms with Gasteiger partial charge in [-0.2, -0.15) is 0 Å². The number of halogens is 5. The number of nitrogens with two attached hydrogens (primary N) is 1. The van der Waals surface area contributed by atoms with Crippen molar-refractivity contribution in [3.8, 4) is 0 Å². The fourth-order valence-corrected chi connectivity index (χ4v) is 3.35. The smallest absolute Gasteiger partial charge is 0.277 e. The van der Waals surface area contributed by atoms with Crippen LogP contribution in [0.5, 0.6) is 0 Å². The minimum Gasteiger partial charge on any atom is -0.381 e. The molecule has 3 aromatic rings. The minimum atomic E-state index is -1.46. The summed E-state index contributed by atoms with van der Waals surface area (Å²) in [4.78, 5) is 21.1. The van der Waals surface area contributed by atoms with Gasteiger partial charge in [-0.25, -0.2) is 28.0 Å². The van der Waals surface area contributed by atoms with Gasteiger partial charge in [-0.1, -0.05) is 6.08 Å². The lowest BCUT2D eigenvalue weighted by Crippen LogP contribution is -2.25. The van der Waals surface area contributed by atoms with Crippen molar-refractivity contribution < 1.29 is 27.2 Å². The number of hydrogen-bond acceptors (Lipinski definition) is 5. The third-order valence-corrected chi connectivity index (χ3v) is 5.13. The predicted octanol–water partition coefficient (Wildman–Crippen LogP) is 5.01. The van der Waals surface area contributed by atoms with Crippen molar-refractivity contribution in [2.75, 3.05) is 17.7 Å². The second-order valence-electron chi connectivity index (χ2n) is 6.71. The summed E-state index contributed by atoms with van der Waals surface area (Å²) >= 11 is 1.89. The van der Waals surface area contributed by atoms with Crippen molar-refractivity contribution in [3.63, 3.8) is 0 Å². The second kappa shape index (κ2) is 10.6. The molecule has 1 aromatic heterocycles. The Kier molecular flexibility index (Phi) is 7.87. The Hall–Kier alpha value is -3.19. The van der Waals surface area contributed by atoms with Crippen molar-refractivity contribution in [3.05, 3.63) is 92.7 Å². The molecule has 0 aliphatic heterocycles. The van der Waals surface area contributed by atoms with Crippen molar-refractivity contribution in [1.29, 1.82) is 0 Å². The van der Waals surface area contributed by atoms with Crippen LogP contribution in [0.4, 0.5) is 34.8 Å². The van der Waals surface area contributed by atoms with Crippen molar-refractivity contribution >= 4 is 45.7 Å². The number of rotatable bonds is 8. The number of hydroxylamine groups is 1. The monoisotopic (exact) mass is 572 g/mol. The van der Waals surface area contributed by atoms with Crippen LogP contribution in [0.15, 0.2) is 49.2 Å². The first-order valence-electron chi connectivity index (χ1n) is 9.37. The first kappa shape index (κ1) is 24.5. The molecule has 0 saturated carbocycles. The van der Waals surface area contributed by atoms with Gasteiger partial charge >= 0.3 is 0 Å². The predicted molar refractivity (Wildman–Crippen MR) is 124 cm³/mol. The molecule has 0 fully saturated rings. The standard InChI is InChI=1S/C22H17F4IN4O2/c1-2-7-33-31-22(32)14-9-12(8-11-5-6-29-21(28)18(11)25)17(24)19(26)20(14)30-16-4-3-13(27)10-15(16)23/h2-6,9-10,30H,1,7-8H2,(H2,28,29)(H,31,32). The number of amides is 1. The summed E-state index contributed by atoms with van der Waals surface area (Å²) < 4.78 is 59.2. The van der Waals surface area contributed by atoms with E-state index in [9.17, 15) is 18.0 Å². The molecular weight excluding hydrogens is 555 g/mol. The fraction of sp³-hybridized carbons (Fsp3) is 0.0909. The summed E-state index contributed by atoms with van der Waals surface area (Å²) in [6, 6.07) is 6.30. The number of nitrogens with one attached hydrogen (secondary N) is 2. The molecular formula is C22H17F4IN4O2. The number of carbonyl (C=O) groups is 1. The number of anilines is 3. The highest BCUT2D eigenvalue weighted by Gasteiger charge is 2.24. The van der Waals surface area contributed by atoms with Crippen LogP contribution >= 0.6 is 22.6 Å². The average molecular weight is 572 g/mol. The van der Waals surface area contributed by atoms with Crippen LogP contribution in [0.1, 0.15) is 21.5 Å². The molecule has 3 rings (SSSR count). The van der Waals surface area contributed by atoms with Crippen LogP contribution < -0.4 is 16.5 Å². The van der Waals surface area contributed by atoms with E-state index in [1.807, 2.05) is 22.6 Å². The molecule has 11 heteroatoms. The largest absolute Gasteiger partial charge is 0.381 e. The van der Waals surface area contributed by atoms with Crippen molar-refractivity contribution in [2.45, 2.75) is 6.42 Å². The molecule has 0 bridgehead atoms. The molecule has 0 aliphatic rings. The third-order valence-electron chi connectivity index (χ3n) is 4.46. The van der Waals surface area contributed by atoms with Crippen LogP contribution in [0.3, 0.4) is 0 Å². The lowest BCUT2D eigenvalue weighted by atomic mass is 10.00. The molecule has 33 heavy (non-hydrogen) atoms. The van der Waals surface area contributed by atoms with E-state index in [2.05, 4.69) is 22.4 Å². The number of hydrogen-bond donors (Lipinski definition) is 3. The van der Waals surface area contributed by atoms with E-state index < -0.39 is 52.7 Å². The van der Waals surface area contributed by atoms with Crippen LogP contribution in [0.25, 0.3) is 0 Å². The molecule has 172 valence electrons. The van der Waals surface area contributed by atoms with Crippen LogP contribution in [0.2, 0.25) is 0 Å². The van der Waals surface area contributed by atoms with Gasteiger partial charge in [0, 0.05) is 16.2 Å². The van der Waals surface area contributed by atoms with Crippen LogP contribution in [-0.4, -0.2) is 17.5 Å². The van der Waals surface area contributed by atoms with E-state index in [0.717, 1.165) is 6.07 Å². The highest BCUT2D eigenvalue weighted by molar-refractivity contribution is 14.1. The van der Waals surface area contributed by atoms with Gasteiger partial charge < -0.3 is 11.1 Å². The van der Waals surface area contributed by atoms with Gasteiger partial charge in [0.25, 0.3) is 5.91 Å². The van der Waals surface area contributed by atoms with Gasteiger partial charge in [0.2, 0.25) is 0 Å². The number of carbonyl (C=O) groups excluding carboxylic acids is 1. The highest BCUT2D eigenvalue weighted by Crippen LogP contribution is 2.32. The van der Waals surface area contributed by atoms with Crippen LogP contribution in [-0.2, 0) is 11.3 Å². The zero-order valence-electron chi connectivity index (χ0n) is 16.9. The molecule has 0 unspecified atom stereocenters. The number of aromatic nitrogens is 1. The normalized spacial score (nSPS) is 10.7. The van der Waals surface area contributed by atoms with Gasteiger partial charge in [0.05, 0.1) is 23.5 Å². The Balaban J connectivity index is 2.09. The van der Waals surface area contributed by atoms with E-state index in [1.54, 1.807) is 0 Å². The third kappa shape index (κ3) is 5.60. The van der Waals surface area contributed by atoms with E-state index >= 15 is 4.39 Å². The summed E-state index contributed by atoms with van der Waals surface area (Å²) in [6.45, 7) is 3.37. The van der Waals surface area contributed by atoms with Gasteiger partial charge in [-0.3, -0.25) is 9.63 Å². The van der Waals surface area contributed by atoms with Gasteiger partial charge in [0.1, 0.15) is 5.82 Å². The molecule has 2 aromatic carbocycles. The Bertz CT molecular complexity index is 1220. The van der Waals surface area contributed by atoms with Crippen molar-refractivity contribution in [2.24, 2.45) is 0 Å².